The molecular weight excluding hydrogens is 469 g/mol. The lowest BCUT2D eigenvalue weighted by Crippen LogP contribution is -2.41. The van der Waals surface area contributed by atoms with Crippen molar-refractivity contribution in [1.29, 1.82) is 0 Å². The molecule has 1 unspecified atom stereocenters. The van der Waals surface area contributed by atoms with E-state index < -0.39 is 29.7 Å². The Balaban J connectivity index is 1.83. The highest BCUT2D eigenvalue weighted by atomic mass is 127. The summed E-state index contributed by atoms with van der Waals surface area (Å²) in [5.74, 6) is -0.944. The molecule has 1 aromatic carbocycles. The average molecular weight is 483 g/mol. The molecular formula is C16H14F4IN3O2. The van der Waals surface area contributed by atoms with E-state index in [9.17, 15) is 27.5 Å². The van der Waals surface area contributed by atoms with Gasteiger partial charge >= 0.3 is 12.3 Å². The fourth-order valence-electron chi connectivity index (χ4n) is 3.13. The Morgan fingerprint density at radius 2 is 2.08 bits per heavy atom. The summed E-state index contributed by atoms with van der Waals surface area (Å²) in [4.78, 5) is 17.0. The number of hydrogen-bond acceptors (Lipinski definition) is 2. The highest BCUT2D eigenvalue weighted by Gasteiger charge is 2.34. The predicted molar refractivity (Wildman–Crippen MR) is 92.1 cm³/mol. The second kappa shape index (κ2) is 7.05. The Hall–Kier alpha value is -1.85. The topological polar surface area (TPSA) is 58.4 Å². The van der Waals surface area contributed by atoms with Crippen molar-refractivity contribution in [2.24, 2.45) is 0 Å². The molecule has 1 N–H and O–H groups in total. The van der Waals surface area contributed by atoms with Crippen molar-refractivity contribution in [2.45, 2.75) is 31.6 Å². The average Bonchev–Trinajstić information content (AvgIpc) is 2.94. The number of fused-ring (bicyclic) bond motifs is 1. The number of carbonyl (C=O) groups is 1. The molecule has 2 heterocycles. The lowest BCUT2D eigenvalue weighted by atomic mass is 9.99. The lowest BCUT2D eigenvalue weighted by Gasteiger charge is -2.35. The number of alkyl halides is 3. The SMILES string of the molecule is O=C(O)N1CCn2cnc(I)c2C1CCc1ccc(C(F)(F)F)cc1F. The van der Waals surface area contributed by atoms with Crippen LogP contribution in [0.4, 0.5) is 22.4 Å². The molecule has 2 aromatic rings. The van der Waals surface area contributed by atoms with Gasteiger partial charge in [-0.05, 0) is 53.1 Å². The van der Waals surface area contributed by atoms with Crippen LogP contribution in [0.1, 0.15) is 29.3 Å². The van der Waals surface area contributed by atoms with Crippen LogP contribution < -0.4 is 0 Å². The summed E-state index contributed by atoms with van der Waals surface area (Å²) in [5.41, 5.74) is -0.197. The fourth-order valence-corrected chi connectivity index (χ4v) is 3.93. The monoisotopic (exact) mass is 483 g/mol. The molecule has 1 atom stereocenters. The van der Waals surface area contributed by atoms with E-state index in [4.69, 9.17) is 0 Å². The highest BCUT2D eigenvalue weighted by Crippen LogP contribution is 2.34. The van der Waals surface area contributed by atoms with Crippen LogP contribution in [-0.2, 0) is 19.1 Å². The first-order valence-corrected chi connectivity index (χ1v) is 8.82. The van der Waals surface area contributed by atoms with Gasteiger partial charge in [0.2, 0.25) is 0 Å². The van der Waals surface area contributed by atoms with Gasteiger partial charge in [0.1, 0.15) is 9.52 Å². The number of nitrogens with zero attached hydrogens (tertiary/aromatic N) is 3. The highest BCUT2D eigenvalue weighted by molar-refractivity contribution is 14.1. The first-order chi connectivity index (χ1) is 12.2. The number of aromatic nitrogens is 2. The zero-order valence-corrected chi connectivity index (χ0v) is 15.5. The molecule has 10 heteroatoms. The summed E-state index contributed by atoms with van der Waals surface area (Å²) < 4.78 is 54.5. The molecule has 3 rings (SSSR count). The van der Waals surface area contributed by atoms with Gasteiger partial charge in [-0.3, -0.25) is 4.90 Å². The summed E-state index contributed by atoms with van der Waals surface area (Å²) in [6.45, 7) is 0.748. The third-order valence-electron chi connectivity index (χ3n) is 4.42. The van der Waals surface area contributed by atoms with E-state index in [1.54, 1.807) is 6.33 Å². The first-order valence-electron chi connectivity index (χ1n) is 7.74. The number of carboxylic acid groups (broad SMARTS) is 1. The summed E-state index contributed by atoms with van der Waals surface area (Å²) in [6.07, 6.45) is -3.71. The number of imidazole rings is 1. The molecule has 0 aliphatic carbocycles. The number of aryl methyl sites for hydroxylation is 1. The number of benzene rings is 1. The maximum atomic E-state index is 14.1. The minimum absolute atomic E-state index is 0.111. The van der Waals surface area contributed by atoms with Crippen molar-refractivity contribution in [3.8, 4) is 0 Å². The quantitative estimate of drug-likeness (QED) is 0.523. The zero-order chi connectivity index (χ0) is 19.1. The molecule has 0 spiro atoms. The van der Waals surface area contributed by atoms with E-state index in [2.05, 4.69) is 4.98 Å². The third kappa shape index (κ3) is 3.64. The van der Waals surface area contributed by atoms with Crippen LogP contribution in [0.5, 0.6) is 0 Å². The third-order valence-corrected chi connectivity index (χ3v) is 5.25. The molecule has 140 valence electrons. The molecule has 0 bridgehead atoms. The maximum Gasteiger partial charge on any atom is 0.416 e. The number of rotatable bonds is 3. The predicted octanol–water partition coefficient (Wildman–Crippen LogP) is 4.31. The molecule has 1 amide bonds. The van der Waals surface area contributed by atoms with Gasteiger partial charge in [0, 0.05) is 13.1 Å². The van der Waals surface area contributed by atoms with Gasteiger partial charge in [-0.1, -0.05) is 6.07 Å². The Labute approximate surface area is 159 Å². The number of hydrogen-bond donors (Lipinski definition) is 1. The molecule has 0 radical (unpaired) electrons. The van der Waals surface area contributed by atoms with E-state index in [1.165, 1.54) is 4.90 Å². The Morgan fingerprint density at radius 3 is 2.69 bits per heavy atom. The minimum Gasteiger partial charge on any atom is -0.465 e. The van der Waals surface area contributed by atoms with Crippen molar-refractivity contribution < 1.29 is 27.5 Å². The Kier molecular flexibility index (Phi) is 5.13. The molecule has 0 saturated heterocycles. The summed E-state index contributed by atoms with van der Waals surface area (Å²) in [6, 6.07) is 1.88. The van der Waals surface area contributed by atoms with E-state index in [1.807, 2.05) is 27.2 Å². The number of amides is 1. The van der Waals surface area contributed by atoms with Crippen LogP contribution in [0.2, 0.25) is 0 Å². The summed E-state index contributed by atoms with van der Waals surface area (Å²) >= 11 is 2.01. The maximum absolute atomic E-state index is 14.1. The van der Waals surface area contributed by atoms with E-state index in [0.29, 0.717) is 16.3 Å². The van der Waals surface area contributed by atoms with Crippen LogP contribution in [0.25, 0.3) is 0 Å². The van der Waals surface area contributed by atoms with Gasteiger partial charge in [-0.25, -0.2) is 14.2 Å². The molecule has 1 aliphatic heterocycles. The van der Waals surface area contributed by atoms with Gasteiger partial charge in [0.25, 0.3) is 0 Å². The Morgan fingerprint density at radius 1 is 1.35 bits per heavy atom. The van der Waals surface area contributed by atoms with Crippen LogP contribution in [0.3, 0.4) is 0 Å². The molecule has 1 aromatic heterocycles. The van der Waals surface area contributed by atoms with Gasteiger partial charge < -0.3 is 9.67 Å². The first kappa shape index (κ1) is 18.9. The van der Waals surface area contributed by atoms with Crippen LogP contribution in [0.15, 0.2) is 24.5 Å². The second-order valence-corrected chi connectivity index (χ2v) is 6.97. The van der Waals surface area contributed by atoms with E-state index >= 15 is 0 Å². The molecule has 0 fully saturated rings. The second-order valence-electron chi connectivity index (χ2n) is 5.95. The van der Waals surface area contributed by atoms with Crippen molar-refractivity contribution in [2.75, 3.05) is 6.54 Å². The molecule has 5 nitrogen and oxygen atoms in total. The zero-order valence-electron chi connectivity index (χ0n) is 13.3. The molecule has 0 saturated carbocycles. The van der Waals surface area contributed by atoms with Crippen molar-refractivity contribution in [3.05, 3.63) is 50.9 Å². The summed E-state index contributed by atoms with van der Waals surface area (Å²) in [5, 5.41) is 9.44. The van der Waals surface area contributed by atoms with Crippen molar-refractivity contribution in [3.63, 3.8) is 0 Å². The summed E-state index contributed by atoms with van der Waals surface area (Å²) in [7, 11) is 0. The van der Waals surface area contributed by atoms with Crippen LogP contribution in [-0.4, -0.2) is 32.2 Å². The number of halogens is 5. The van der Waals surface area contributed by atoms with Crippen molar-refractivity contribution in [1.82, 2.24) is 14.5 Å². The van der Waals surface area contributed by atoms with Gasteiger partial charge in [0.05, 0.1) is 23.6 Å². The minimum atomic E-state index is -4.61. The van der Waals surface area contributed by atoms with Gasteiger partial charge in [-0.2, -0.15) is 13.2 Å². The standard InChI is InChI=1S/C16H14F4IN3O2/c17-11-7-10(16(18,19)20)3-1-9(11)2-4-12-13-14(21)22-8-23(13)5-6-24(12)15(25)26/h1,3,7-8,12H,2,4-6H2,(H,25,26). The van der Waals surface area contributed by atoms with E-state index in [-0.39, 0.29) is 24.9 Å². The Bertz CT molecular complexity index is 837. The van der Waals surface area contributed by atoms with Crippen molar-refractivity contribution >= 4 is 28.7 Å². The van der Waals surface area contributed by atoms with Gasteiger partial charge in [0.15, 0.2) is 0 Å². The van der Waals surface area contributed by atoms with Crippen LogP contribution in [0, 0.1) is 9.52 Å². The van der Waals surface area contributed by atoms with Crippen LogP contribution >= 0.6 is 22.6 Å². The van der Waals surface area contributed by atoms with E-state index in [0.717, 1.165) is 17.8 Å². The van der Waals surface area contributed by atoms with Gasteiger partial charge in [-0.15, -0.1) is 0 Å². The lowest BCUT2D eigenvalue weighted by molar-refractivity contribution is -0.137. The largest absolute Gasteiger partial charge is 0.465 e. The smallest absolute Gasteiger partial charge is 0.416 e. The molecule has 1 aliphatic rings. The fraction of sp³-hybridized carbons (Fsp3) is 0.375. The normalized spacial score (nSPS) is 17.3. The molecule has 26 heavy (non-hydrogen) atoms.